The minimum Gasteiger partial charge on any atom is -0.375 e. The molecule has 0 heterocycles. The molecule has 0 bridgehead atoms. The third-order valence-corrected chi connectivity index (χ3v) is 0.846. The van der Waals surface area contributed by atoms with E-state index in [0.717, 1.165) is 0 Å². The Morgan fingerprint density at radius 2 is 2.09 bits per heavy atom. The first-order valence-electron chi connectivity index (χ1n) is 3.24. The van der Waals surface area contributed by atoms with Crippen molar-refractivity contribution >= 4 is 12.1 Å². The van der Waals surface area contributed by atoms with E-state index in [-0.39, 0.29) is 6.42 Å². The van der Waals surface area contributed by atoms with Crippen LogP contribution in [0, 0.1) is 0 Å². The van der Waals surface area contributed by atoms with Gasteiger partial charge in [0.2, 0.25) is 0 Å². The van der Waals surface area contributed by atoms with Gasteiger partial charge in [0.05, 0.1) is 7.11 Å². The van der Waals surface area contributed by atoms with Crippen LogP contribution in [-0.2, 0) is 14.4 Å². The van der Waals surface area contributed by atoms with Gasteiger partial charge in [0, 0.05) is 6.42 Å². The summed E-state index contributed by atoms with van der Waals surface area (Å²) in [5, 5.41) is 0. The lowest BCUT2D eigenvalue weighted by molar-refractivity contribution is -0.138. The van der Waals surface area contributed by atoms with E-state index in [1.54, 1.807) is 0 Å². The molecule has 0 atom stereocenters. The summed E-state index contributed by atoms with van der Waals surface area (Å²) in [6, 6.07) is 0. The van der Waals surface area contributed by atoms with E-state index in [9.17, 15) is 9.59 Å². The Bertz CT molecular complexity index is 130. The summed E-state index contributed by atoms with van der Waals surface area (Å²) in [5.41, 5.74) is 1.85. The molecule has 0 aliphatic heterocycles. The van der Waals surface area contributed by atoms with Gasteiger partial charge < -0.3 is 4.74 Å². The SMILES string of the molecule is CCCC(=O)OC(=O)NOC. The van der Waals surface area contributed by atoms with Gasteiger partial charge in [0.25, 0.3) is 0 Å². The van der Waals surface area contributed by atoms with Gasteiger partial charge in [-0.3, -0.25) is 9.63 Å². The zero-order valence-corrected chi connectivity index (χ0v) is 6.55. The summed E-state index contributed by atoms with van der Waals surface area (Å²) in [5.74, 6) is -0.554. The molecule has 0 rings (SSSR count). The van der Waals surface area contributed by atoms with Crippen LogP contribution in [0.1, 0.15) is 19.8 Å². The topological polar surface area (TPSA) is 64.6 Å². The molecule has 0 fully saturated rings. The predicted octanol–water partition coefficient (Wildman–Crippen LogP) is 0.601. The minimum atomic E-state index is -0.883. The van der Waals surface area contributed by atoms with Crippen LogP contribution in [0.25, 0.3) is 0 Å². The fourth-order valence-electron chi connectivity index (χ4n) is 0.463. The zero-order valence-electron chi connectivity index (χ0n) is 6.55. The first kappa shape index (κ1) is 9.90. The Labute approximate surface area is 64.6 Å². The summed E-state index contributed by atoms with van der Waals surface area (Å²) >= 11 is 0. The molecule has 5 heteroatoms. The molecule has 0 spiro atoms. The lowest BCUT2D eigenvalue weighted by Crippen LogP contribution is -2.25. The van der Waals surface area contributed by atoms with Gasteiger partial charge in [-0.25, -0.2) is 4.79 Å². The molecule has 11 heavy (non-hydrogen) atoms. The van der Waals surface area contributed by atoms with Gasteiger partial charge in [-0.05, 0) is 6.42 Å². The van der Waals surface area contributed by atoms with Crippen molar-refractivity contribution < 1.29 is 19.2 Å². The molecule has 0 unspecified atom stereocenters. The number of ether oxygens (including phenoxy) is 1. The third-order valence-electron chi connectivity index (χ3n) is 0.846. The number of amides is 1. The monoisotopic (exact) mass is 161 g/mol. The third kappa shape index (κ3) is 5.35. The van der Waals surface area contributed by atoms with E-state index in [1.807, 2.05) is 12.4 Å². The van der Waals surface area contributed by atoms with Crippen molar-refractivity contribution in [3.05, 3.63) is 0 Å². The second-order valence-electron chi connectivity index (χ2n) is 1.82. The van der Waals surface area contributed by atoms with Crippen molar-refractivity contribution in [3.63, 3.8) is 0 Å². The second-order valence-corrected chi connectivity index (χ2v) is 1.82. The van der Waals surface area contributed by atoms with Crippen molar-refractivity contribution in [2.45, 2.75) is 19.8 Å². The lowest BCUT2D eigenvalue weighted by Gasteiger charge is -2.00. The Morgan fingerprint density at radius 1 is 1.45 bits per heavy atom. The smallest absolute Gasteiger partial charge is 0.375 e. The lowest BCUT2D eigenvalue weighted by atomic mass is 10.3. The predicted molar refractivity (Wildman–Crippen MR) is 36.5 cm³/mol. The first-order chi connectivity index (χ1) is 5.20. The number of hydrogen-bond acceptors (Lipinski definition) is 4. The Balaban J connectivity index is 3.49. The Hall–Kier alpha value is -1.10. The molecule has 0 aliphatic rings. The van der Waals surface area contributed by atoms with E-state index in [0.29, 0.717) is 6.42 Å². The maximum Gasteiger partial charge on any atom is 0.439 e. The number of hydrogen-bond donors (Lipinski definition) is 1. The Morgan fingerprint density at radius 3 is 2.55 bits per heavy atom. The van der Waals surface area contributed by atoms with Gasteiger partial charge in [-0.2, -0.15) is 5.48 Å². The fraction of sp³-hybridized carbons (Fsp3) is 0.667. The van der Waals surface area contributed by atoms with Crippen LogP contribution in [0.2, 0.25) is 0 Å². The van der Waals surface area contributed by atoms with Crippen molar-refractivity contribution in [1.29, 1.82) is 0 Å². The van der Waals surface area contributed by atoms with E-state index in [4.69, 9.17) is 0 Å². The largest absolute Gasteiger partial charge is 0.439 e. The van der Waals surface area contributed by atoms with E-state index < -0.39 is 12.1 Å². The average Bonchev–Trinajstić information content (AvgIpc) is 1.87. The quantitative estimate of drug-likeness (QED) is 0.374. The highest BCUT2D eigenvalue weighted by Gasteiger charge is 2.07. The first-order valence-corrected chi connectivity index (χ1v) is 3.24. The van der Waals surface area contributed by atoms with E-state index >= 15 is 0 Å². The molecule has 1 amide bonds. The van der Waals surface area contributed by atoms with E-state index in [2.05, 4.69) is 9.57 Å². The number of carbonyl (C=O) groups is 2. The fourth-order valence-corrected chi connectivity index (χ4v) is 0.463. The number of rotatable bonds is 3. The molecule has 64 valence electrons. The molecule has 0 aliphatic carbocycles. The van der Waals surface area contributed by atoms with Crippen LogP contribution in [0.4, 0.5) is 4.79 Å². The van der Waals surface area contributed by atoms with Gasteiger partial charge in [0.15, 0.2) is 0 Å². The normalized spacial score (nSPS) is 8.91. The number of hydroxylamine groups is 1. The number of carbonyl (C=O) groups excluding carboxylic acids is 2. The van der Waals surface area contributed by atoms with Gasteiger partial charge in [0.1, 0.15) is 0 Å². The maximum absolute atomic E-state index is 10.6. The number of nitrogens with one attached hydrogen (secondary N) is 1. The van der Waals surface area contributed by atoms with Crippen LogP contribution in [0.5, 0.6) is 0 Å². The molecule has 0 radical (unpaired) electrons. The minimum absolute atomic E-state index is 0.233. The average molecular weight is 161 g/mol. The second kappa shape index (κ2) is 5.67. The molecule has 0 saturated heterocycles. The summed E-state index contributed by atoms with van der Waals surface area (Å²) in [6.07, 6.45) is 0.00177. The highest BCUT2D eigenvalue weighted by molar-refractivity contribution is 5.83. The van der Waals surface area contributed by atoms with Crippen molar-refractivity contribution in [1.82, 2.24) is 5.48 Å². The Kier molecular flexibility index (Phi) is 5.10. The molecule has 0 saturated carbocycles. The van der Waals surface area contributed by atoms with Crippen LogP contribution in [0.15, 0.2) is 0 Å². The van der Waals surface area contributed by atoms with Crippen molar-refractivity contribution in [2.75, 3.05) is 7.11 Å². The van der Waals surface area contributed by atoms with E-state index in [1.165, 1.54) is 7.11 Å². The molecular formula is C6H11NO4. The van der Waals surface area contributed by atoms with Crippen LogP contribution < -0.4 is 5.48 Å². The summed E-state index contributed by atoms with van der Waals surface area (Å²) in [4.78, 5) is 25.2. The van der Waals surface area contributed by atoms with Crippen LogP contribution in [-0.4, -0.2) is 19.2 Å². The molecule has 0 aromatic rings. The zero-order chi connectivity index (χ0) is 8.69. The van der Waals surface area contributed by atoms with Crippen LogP contribution in [0.3, 0.4) is 0 Å². The molecular weight excluding hydrogens is 150 g/mol. The van der Waals surface area contributed by atoms with Crippen molar-refractivity contribution in [3.8, 4) is 0 Å². The summed E-state index contributed by atoms with van der Waals surface area (Å²) in [6.45, 7) is 1.81. The highest BCUT2D eigenvalue weighted by atomic mass is 16.7. The van der Waals surface area contributed by atoms with Gasteiger partial charge >= 0.3 is 12.1 Å². The number of esters is 1. The highest BCUT2D eigenvalue weighted by Crippen LogP contribution is 1.90. The molecule has 0 aromatic heterocycles. The summed E-state index contributed by atoms with van der Waals surface area (Å²) in [7, 11) is 1.26. The molecule has 0 aromatic carbocycles. The van der Waals surface area contributed by atoms with Crippen molar-refractivity contribution in [2.24, 2.45) is 0 Å². The van der Waals surface area contributed by atoms with Gasteiger partial charge in [-0.1, -0.05) is 6.92 Å². The molecule has 1 N–H and O–H groups in total. The van der Waals surface area contributed by atoms with Crippen LogP contribution >= 0.6 is 0 Å². The molecule has 5 nitrogen and oxygen atoms in total. The van der Waals surface area contributed by atoms with Gasteiger partial charge in [-0.15, -0.1) is 0 Å². The maximum atomic E-state index is 10.6. The standard InChI is InChI=1S/C6H11NO4/c1-3-4-5(8)11-6(9)7-10-2/h3-4H2,1-2H3,(H,7,9). The summed E-state index contributed by atoms with van der Waals surface area (Å²) < 4.78 is 4.22.